The van der Waals surface area contributed by atoms with Crippen molar-refractivity contribution < 1.29 is 4.42 Å². The highest BCUT2D eigenvalue weighted by Crippen LogP contribution is 2.44. The molecular weight excluding hydrogens is 675 g/mol. The molecule has 3 unspecified atom stereocenters. The zero-order valence-electron chi connectivity index (χ0n) is 28.3. The Morgan fingerprint density at radius 3 is 1.92 bits per heavy atom. The summed E-state index contributed by atoms with van der Waals surface area (Å²) in [5.74, 6) is 0. The van der Waals surface area contributed by atoms with Crippen molar-refractivity contribution in [3.8, 4) is 11.1 Å². The highest BCUT2D eigenvalue weighted by Gasteiger charge is 2.35. The summed E-state index contributed by atoms with van der Waals surface area (Å²) in [6, 6.07) is 55.0. The predicted octanol–water partition coefficient (Wildman–Crippen LogP) is 12.5. The van der Waals surface area contributed by atoms with Gasteiger partial charge in [-0.25, -0.2) is 0 Å². The number of fused-ring (bicyclic) bond motifs is 9. The van der Waals surface area contributed by atoms with Gasteiger partial charge < -0.3 is 4.42 Å². The molecule has 4 nitrogen and oxygen atoms in total. The van der Waals surface area contributed by atoms with Crippen molar-refractivity contribution in [2.75, 3.05) is 7.05 Å². The molecule has 0 aliphatic carbocycles. The van der Waals surface area contributed by atoms with E-state index in [1.54, 1.807) is 0 Å². The summed E-state index contributed by atoms with van der Waals surface area (Å²) in [6.07, 6.45) is -0.143. The fourth-order valence-corrected chi connectivity index (χ4v) is 10.7. The van der Waals surface area contributed by atoms with Gasteiger partial charge in [0.05, 0.1) is 18.5 Å². The summed E-state index contributed by atoms with van der Waals surface area (Å²) in [5, 5.41) is 15.4. The Morgan fingerprint density at radius 2 is 1.10 bits per heavy atom. The van der Waals surface area contributed by atoms with Crippen molar-refractivity contribution in [1.29, 1.82) is 0 Å². The van der Waals surface area contributed by atoms with E-state index >= 15 is 0 Å². The summed E-state index contributed by atoms with van der Waals surface area (Å²) < 4.78 is 12.1. The first-order chi connectivity index (χ1) is 25.7. The molecule has 0 bridgehead atoms. The predicted molar refractivity (Wildman–Crippen MR) is 220 cm³/mol. The van der Waals surface area contributed by atoms with E-state index in [0.29, 0.717) is 0 Å². The average molecular weight is 708 g/mol. The number of thiophene rings is 2. The molecular formula is C46H33N3OS2. The Morgan fingerprint density at radius 1 is 0.481 bits per heavy atom. The van der Waals surface area contributed by atoms with Crippen molar-refractivity contribution in [3.63, 3.8) is 0 Å². The van der Waals surface area contributed by atoms with Crippen LogP contribution in [0.15, 0.2) is 156 Å². The van der Waals surface area contributed by atoms with Gasteiger partial charge in [-0.2, -0.15) is 0 Å². The van der Waals surface area contributed by atoms with E-state index in [9.17, 15) is 0 Å². The van der Waals surface area contributed by atoms with Crippen LogP contribution in [0.25, 0.3) is 73.4 Å². The lowest BCUT2D eigenvalue weighted by atomic mass is 9.99. The first-order valence-electron chi connectivity index (χ1n) is 17.7. The monoisotopic (exact) mass is 707 g/mol. The number of hydrogen-bond acceptors (Lipinski definition) is 6. The molecule has 0 amide bonds. The maximum absolute atomic E-state index is 6.87. The Bertz CT molecular complexity index is 2980. The average Bonchev–Trinajstić information content (AvgIpc) is 3.89. The summed E-state index contributed by atoms with van der Waals surface area (Å²) in [7, 11) is 2.19. The summed E-state index contributed by atoms with van der Waals surface area (Å²) in [6.45, 7) is 0. The van der Waals surface area contributed by atoms with Crippen LogP contribution in [0.1, 0.15) is 35.2 Å². The molecule has 1 saturated heterocycles. The summed E-state index contributed by atoms with van der Waals surface area (Å²) in [5.41, 5.74) is 7.80. The van der Waals surface area contributed by atoms with Gasteiger partial charge in [0.25, 0.3) is 0 Å². The largest absolute Gasteiger partial charge is 0.455 e. The Hall–Kier alpha value is -5.34. The molecule has 3 atom stereocenters. The standard InChI is InChI=1S/C46H33N3OS2/c1-49-45(27-11-3-2-4-12-27)47-44(28-21-24-33-31-13-5-7-19-39(31)51-41(33)26-28)48-46(49)29-22-23-30-34-15-9-16-35(42(34)50-38(30)25-29)37-18-10-17-36-32-14-6-8-20-40(32)52-43(36)37/h2-26,44-48H,1H3. The number of rotatable bonds is 4. The number of furan rings is 1. The maximum atomic E-state index is 6.87. The number of nitrogens with zero attached hydrogens (tertiary/aromatic N) is 1. The van der Waals surface area contributed by atoms with Crippen molar-refractivity contribution >= 4 is 85.0 Å². The minimum absolute atomic E-state index is 0.00433. The van der Waals surface area contributed by atoms with Crippen molar-refractivity contribution in [2.45, 2.75) is 18.5 Å². The molecule has 11 rings (SSSR count). The van der Waals surface area contributed by atoms with Crippen LogP contribution in [-0.2, 0) is 0 Å². The molecule has 0 spiro atoms. The molecule has 10 aromatic rings. The quantitative estimate of drug-likeness (QED) is 0.191. The minimum atomic E-state index is -0.0704. The number of nitrogens with one attached hydrogen (secondary N) is 2. The van der Waals surface area contributed by atoms with Gasteiger partial charge in [0.15, 0.2) is 0 Å². The second-order valence-corrected chi connectivity index (χ2v) is 16.0. The van der Waals surface area contributed by atoms with E-state index in [2.05, 4.69) is 174 Å². The molecule has 52 heavy (non-hydrogen) atoms. The molecule has 3 aromatic heterocycles. The normalized spacial score (nSPS) is 18.4. The molecule has 1 fully saturated rings. The van der Waals surface area contributed by atoms with Crippen LogP contribution in [0.5, 0.6) is 0 Å². The lowest BCUT2D eigenvalue weighted by Gasteiger charge is -2.45. The van der Waals surface area contributed by atoms with E-state index < -0.39 is 0 Å². The molecule has 7 aromatic carbocycles. The zero-order valence-corrected chi connectivity index (χ0v) is 30.0. The fraction of sp³-hybridized carbons (Fsp3) is 0.0870. The third kappa shape index (κ3) is 4.69. The second kappa shape index (κ2) is 11.9. The zero-order chi connectivity index (χ0) is 34.3. The first kappa shape index (κ1) is 30.3. The van der Waals surface area contributed by atoms with Crippen molar-refractivity contribution in [2.24, 2.45) is 0 Å². The van der Waals surface area contributed by atoms with E-state index in [-0.39, 0.29) is 18.5 Å². The molecule has 0 radical (unpaired) electrons. The number of para-hydroxylation sites is 1. The van der Waals surface area contributed by atoms with Crippen LogP contribution >= 0.6 is 22.7 Å². The lowest BCUT2D eigenvalue weighted by Crippen LogP contribution is -2.54. The number of benzene rings is 7. The Labute approximate surface area is 308 Å². The van der Waals surface area contributed by atoms with E-state index in [1.165, 1.54) is 57.0 Å². The molecule has 0 saturated carbocycles. The van der Waals surface area contributed by atoms with Crippen LogP contribution in [-0.4, -0.2) is 11.9 Å². The molecule has 250 valence electrons. The highest BCUT2D eigenvalue weighted by molar-refractivity contribution is 7.26. The maximum Gasteiger partial charge on any atom is 0.143 e. The van der Waals surface area contributed by atoms with Crippen LogP contribution in [0.3, 0.4) is 0 Å². The molecule has 4 heterocycles. The highest BCUT2D eigenvalue weighted by atomic mass is 32.1. The first-order valence-corrected chi connectivity index (χ1v) is 19.4. The van der Waals surface area contributed by atoms with Gasteiger partial charge in [-0.15, -0.1) is 22.7 Å². The van der Waals surface area contributed by atoms with Crippen LogP contribution in [0, 0.1) is 0 Å². The summed E-state index contributed by atoms with van der Waals surface area (Å²) in [4.78, 5) is 2.39. The molecule has 1 aliphatic rings. The van der Waals surface area contributed by atoms with Crippen molar-refractivity contribution in [3.05, 3.63) is 168 Å². The van der Waals surface area contributed by atoms with Gasteiger partial charge in [0.2, 0.25) is 0 Å². The van der Waals surface area contributed by atoms with Gasteiger partial charge in [-0.1, -0.05) is 127 Å². The van der Waals surface area contributed by atoms with Gasteiger partial charge in [0.1, 0.15) is 11.2 Å². The lowest BCUT2D eigenvalue weighted by molar-refractivity contribution is 0.0416. The van der Waals surface area contributed by atoms with E-state index in [1.807, 2.05) is 22.7 Å². The Balaban J connectivity index is 1.02. The molecule has 6 heteroatoms. The topological polar surface area (TPSA) is 40.4 Å². The smallest absolute Gasteiger partial charge is 0.143 e. The van der Waals surface area contributed by atoms with Gasteiger partial charge >= 0.3 is 0 Å². The van der Waals surface area contributed by atoms with E-state index in [4.69, 9.17) is 4.42 Å². The molecule has 1 aliphatic heterocycles. The fourth-order valence-electron chi connectivity index (χ4n) is 8.32. The third-order valence-electron chi connectivity index (χ3n) is 10.8. The Kier molecular flexibility index (Phi) is 6.91. The van der Waals surface area contributed by atoms with Crippen LogP contribution in [0.2, 0.25) is 0 Å². The van der Waals surface area contributed by atoms with Crippen LogP contribution in [0.4, 0.5) is 0 Å². The van der Waals surface area contributed by atoms with Gasteiger partial charge in [0, 0.05) is 62.2 Å². The van der Waals surface area contributed by atoms with Gasteiger partial charge in [-0.3, -0.25) is 15.5 Å². The van der Waals surface area contributed by atoms with Crippen LogP contribution < -0.4 is 10.6 Å². The number of hydrogen-bond donors (Lipinski definition) is 2. The van der Waals surface area contributed by atoms with Gasteiger partial charge in [-0.05, 0) is 48.0 Å². The second-order valence-electron chi connectivity index (χ2n) is 13.8. The molecule has 2 N–H and O–H groups in total. The summed E-state index contributed by atoms with van der Waals surface area (Å²) >= 11 is 3.72. The SMILES string of the molecule is CN1C(c2ccccc2)NC(c2ccc3c(c2)sc2ccccc23)NC1c1ccc2c(c1)oc1c(-c3cccc4c3sc3ccccc34)cccc12. The van der Waals surface area contributed by atoms with E-state index in [0.717, 1.165) is 33.1 Å². The van der Waals surface area contributed by atoms with Crippen molar-refractivity contribution in [1.82, 2.24) is 15.5 Å². The third-order valence-corrected chi connectivity index (χ3v) is 13.2. The minimum Gasteiger partial charge on any atom is -0.455 e.